The summed E-state index contributed by atoms with van der Waals surface area (Å²) >= 11 is 6.29. The van der Waals surface area contributed by atoms with Gasteiger partial charge in [-0.1, -0.05) is 12.1 Å². The third-order valence-corrected chi connectivity index (χ3v) is 6.55. The van der Waals surface area contributed by atoms with Gasteiger partial charge < -0.3 is 13.9 Å². The maximum absolute atomic E-state index is 13.3. The van der Waals surface area contributed by atoms with Crippen molar-refractivity contribution < 1.29 is 9.53 Å². The molecule has 0 spiro atoms. The first-order valence-corrected chi connectivity index (χ1v) is 11.2. The number of ether oxygens (including phenoxy) is 1. The van der Waals surface area contributed by atoms with Crippen molar-refractivity contribution in [2.75, 3.05) is 7.11 Å². The van der Waals surface area contributed by atoms with E-state index in [9.17, 15) is 14.4 Å². The monoisotopic (exact) mass is 483 g/mol. The lowest BCUT2D eigenvalue weighted by molar-refractivity contribution is 0.0972. The van der Waals surface area contributed by atoms with Crippen LogP contribution in [0.15, 0.2) is 39.9 Å². The highest BCUT2D eigenvalue weighted by Gasteiger charge is 2.22. The quantitative estimate of drug-likeness (QED) is 0.297. The second-order valence-corrected chi connectivity index (χ2v) is 8.64. The van der Waals surface area contributed by atoms with Crippen molar-refractivity contribution in [2.24, 2.45) is 14.1 Å². The minimum atomic E-state index is -0.546. The van der Waals surface area contributed by atoms with Crippen LogP contribution in [0.2, 0.25) is 5.28 Å². The lowest BCUT2D eigenvalue weighted by Crippen LogP contribution is -2.37. The third-order valence-electron chi connectivity index (χ3n) is 6.26. The van der Waals surface area contributed by atoms with Crippen LogP contribution in [0.25, 0.3) is 11.2 Å². The Labute approximate surface area is 200 Å². The molecule has 0 amide bonds. The van der Waals surface area contributed by atoms with Crippen molar-refractivity contribution in [3.8, 4) is 5.75 Å². The zero-order valence-corrected chi connectivity index (χ0v) is 20.5. The van der Waals surface area contributed by atoms with E-state index in [1.54, 1.807) is 7.11 Å². The number of hydrogen-bond donors (Lipinski definition) is 0. The molecule has 4 rings (SSSR count). The first-order chi connectivity index (χ1) is 16.1. The van der Waals surface area contributed by atoms with Gasteiger partial charge in [-0.05, 0) is 55.6 Å². The van der Waals surface area contributed by atoms with Gasteiger partial charge in [-0.3, -0.25) is 18.7 Å². The Bertz CT molecular complexity index is 1520. The van der Waals surface area contributed by atoms with Gasteiger partial charge in [0, 0.05) is 37.6 Å². The summed E-state index contributed by atoms with van der Waals surface area (Å²) in [5, 5.41) is -0.0186. The fourth-order valence-corrected chi connectivity index (χ4v) is 4.48. The van der Waals surface area contributed by atoms with E-state index < -0.39 is 11.2 Å². The molecule has 0 aliphatic rings. The molecule has 1 aromatic carbocycles. The Kier molecular flexibility index (Phi) is 6.22. The molecule has 10 heteroatoms. The van der Waals surface area contributed by atoms with Crippen LogP contribution in [0, 0.1) is 13.8 Å². The number of rotatable bonds is 7. The first-order valence-electron chi connectivity index (χ1n) is 10.8. The van der Waals surface area contributed by atoms with E-state index in [-0.39, 0.29) is 28.8 Å². The van der Waals surface area contributed by atoms with Gasteiger partial charge in [0.1, 0.15) is 5.75 Å². The van der Waals surface area contributed by atoms with E-state index in [0.717, 1.165) is 28.1 Å². The third kappa shape index (κ3) is 3.96. The van der Waals surface area contributed by atoms with E-state index in [1.165, 1.54) is 28.8 Å². The number of carbonyl (C=O) groups is 1. The standard InChI is InChI=1S/C24H26ClN5O4/c1-14-12-18(15(2)29(14)11-10-16-6-8-17(34-5)9-7-16)19(31)13-30-20-21(26-23(30)25)27(3)24(33)28(4)22(20)32/h6-9,12H,10-11,13H2,1-5H3. The van der Waals surface area contributed by atoms with Crippen molar-refractivity contribution in [2.45, 2.75) is 33.4 Å². The summed E-state index contributed by atoms with van der Waals surface area (Å²) < 4.78 is 10.9. The minimum Gasteiger partial charge on any atom is -0.497 e. The van der Waals surface area contributed by atoms with Gasteiger partial charge in [0.15, 0.2) is 16.9 Å². The summed E-state index contributed by atoms with van der Waals surface area (Å²) in [5.74, 6) is 0.617. The van der Waals surface area contributed by atoms with Gasteiger partial charge in [0.25, 0.3) is 5.56 Å². The Morgan fingerprint density at radius 1 is 1.06 bits per heavy atom. The zero-order valence-electron chi connectivity index (χ0n) is 19.8. The fourth-order valence-electron chi connectivity index (χ4n) is 4.25. The molecule has 0 atom stereocenters. The molecule has 0 bridgehead atoms. The van der Waals surface area contributed by atoms with Gasteiger partial charge in [-0.2, -0.15) is 4.98 Å². The average Bonchev–Trinajstić information content (AvgIpc) is 3.30. The minimum absolute atomic E-state index is 0.0186. The van der Waals surface area contributed by atoms with E-state index in [4.69, 9.17) is 16.3 Å². The number of ketones is 1. The summed E-state index contributed by atoms with van der Waals surface area (Å²) in [4.78, 5) is 42.4. The highest BCUT2D eigenvalue weighted by Crippen LogP contribution is 2.21. The molecule has 0 aliphatic heterocycles. The van der Waals surface area contributed by atoms with Crippen molar-refractivity contribution in [1.82, 2.24) is 23.3 Å². The van der Waals surface area contributed by atoms with Crippen LogP contribution in [-0.4, -0.2) is 36.1 Å². The Hall–Kier alpha value is -3.59. The molecule has 0 N–H and O–H groups in total. The summed E-state index contributed by atoms with van der Waals surface area (Å²) in [6.07, 6.45) is 0.802. The number of aromatic nitrogens is 5. The predicted octanol–water partition coefficient (Wildman–Crippen LogP) is 2.64. The van der Waals surface area contributed by atoms with Crippen molar-refractivity contribution in [1.29, 1.82) is 0 Å². The predicted molar refractivity (Wildman–Crippen MR) is 130 cm³/mol. The van der Waals surface area contributed by atoms with E-state index >= 15 is 0 Å². The lowest BCUT2D eigenvalue weighted by atomic mass is 10.1. The summed E-state index contributed by atoms with van der Waals surface area (Å²) in [6.45, 7) is 4.42. The van der Waals surface area contributed by atoms with Gasteiger partial charge in [0.2, 0.25) is 5.28 Å². The molecule has 0 radical (unpaired) electrons. The van der Waals surface area contributed by atoms with Crippen LogP contribution in [0.3, 0.4) is 0 Å². The number of nitrogens with zero attached hydrogens (tertiary/aromatic N) is 5. The molecule has 0 aliphatic carbocycles. The summed E-state index contributed by atoms with van der Waals surface area (Å²) in [5.41, 5.74) is 2.75. The van der Waals surface area contributed by atoms with Crippen LogP contribution < -0.4 is 16.0 Å². The van der Waals surface area contributed by atoms with Gasteiger partial charge >= 0.3 is 5.69 Å². The molecular weight excluding hydrogens is 458 g/mol. The number of halogens is 1. The largest absolute Gasteiger partial charge is 0.497 e. The molecule has 9 nitrogen and oxygen atoms in total. The van der Waals surface area contributed by atoms with Crippen molar-refractivity contribution in [3.05, 3.63) is 79.0 Å². The number of hydrogen-bond acceptors (Lipinski definition) is 5. The topological polar surface area (TPSA) is 93.1 Å². The van der Waals surface area contributed by atoms with E-state index in [2.05, 4.69) is 9.55 Å². The number of benzene rings is 1. The second kappa shape index (κ2) is 8.98. The van der Waals surface area contributed by atoms with Crippen LogP contribution in [-0.2, 0) is 33.6 Å². The molecule has 0 saturated carbocycles. The SMILES string of the molecule is COc1ccc(CCn2c(C)cc(C(=O)Cn3c(Cl)nc4c3c(=O)n(C)c(=O)n4C)c2C)cc1. The second-order valence-electron chi connectivity index (χ2n) is 8.30. The number of fused-ring (bicyclic) bond motifs is 1. The molecule has 34 heavy (non-hydrogen) atoms. The summed E-state index contributed by atoms with van der Waals surface area (Å²) in [7, 11) is 4.53. The molecule has 0 fully saturated rings. The normalized spacial score (nSPS) is 11.4. The molecule has 0 saturated heterocycles. The Morgan fingerprint density at radius 3 is 2.38 bits per heavy atom. The molecule has 0 unspecified atom stereocenters. The molecule has 4 aromatic rings. The molecule has 178 valence electrons. The van der Waals surface area contributed by atoms with Gasteiger partial charge in [-0.25, -0.2) is 4.79 Å². The zero-order chi connectivity index (χ0) is 24.7. The first kappa shape index (κ1) is 23.6. The maximum Gasteiger partial charge on any atom is 0.332 e. The van der Waals surface area contributed by atoms with Crippen molar-refractivity contribution in [3.63, 3.8) is 0 Å². The number of imidazole rings is 1. The van der Waals surface area contributed by atoms with Crippen LogP contribution in [0.1, 0.15) is 27.3 Å². The van der Waals surface area contributed by atoms with Crippen LogP contribution in [0.5, 0.6) is 5.75 Å². The van der Waals surface area contributed by atoms with Gasteiger partial charge in [-0.15, -0.1) is 0 Å². The smallest absolute Gasteiger partial charge is 0.332 e. The lowest BCUT2D eigenvalue weighted by Gasteiger charge is -2.11. The molecule has 3 heterocycles. The van der Waals surface area contributed by atoms with E-state index in [0.29, 0.717) is 12.1 Å². The van der Waals surface area contributed by atoms with Crippen LogP contribution in [0.4, 0.5) is 0 Å². The Morgan fingerprint density at radius 2 is 1.74 bits per heavy atom. The number of carbonyl (C=O) groups excluding carboxylic acids is 1. The molecular formula is C24H26ClN5O4. The highest BCUT2D eigenvalue weighted by molar-refractivity contribution is 6.29. The Balaban J connectivity index is 1.62. The highest BCUT2D eigenvalue weighted by atomic mass is 35.5. The molecule has 3 aromatic heterocycles. The fraction of sp³-hybridized carbons (Fsp3) is 0.333. The number of Topliss-reactive ketones (excluding diaryl/α,β-unsaturated/α-hetero) is 1. The average molecular weight is 484 g/mol. The van der Waals surface area contributed by atoms with E-state index in [1.807, 2.05) is 44.2 Å². The van der Waals surface area contributed by atoms with Crippen LogP contribution >= 0.6 is 11.6 Å². The van der Waals surface area contributed by atoms with Crippen molar-refractivity contribution >= 4 is 28.5 Å². The number of aryl methyl sites for hydroxylation is 3. The number of methoxy groups -OCH3 is 1. The van der Waals surface area contributed by atoms with Gasteiger partial charge in [0.05, 0.1) is 13.7 Å². The summed E-state index contributed by atoms with van der Waals surface area (Å²) in [6, 6.07) is 9.77. The maximum atomic E-state index is 13.3.